The molecule has 0 aliphatic carbocycles. The number of benzene rings is 1. The van der Waals surface area contributed by atoms with Crippen LogP contribution in [-0.2, 0) is 11.3 Å². The molecule has 1 atom stereocenters. The maximum atomic E-state index is 14.3. The minimum atomic E-state index is -0.953. The van der Waals surface area contributed by atoms with E-state index in [1.165, 1.54) is 6.07 Å². The van der Waals surface area contributed by atoms with Gasteiger partial charge in [0.05, 0.1) is 17.8 Å². The summed E-state index contributed by atoms with van der Waals surface area (Å²) < 4.78 is 28.5. The SMILES string of the molecule is C/C=C(\C(C)C)C(Nc1nc(-c2c(F)cccc2F)nc2c1C(=O)NC2)C(N)=O. The average Bonchev–Trinajstić information content (AvgIpc) is 3.02. The molecule has 9 heteroatoms. The molecule has 2 heterocycles. The summed E-state index contributed by atoms with van der Waals surface area (Å²) in [5.41, 5.74) is 6.25. The van der Waals surface area contributed by atoms with Crippen molar-refractivity contribution in [2.75, 3.05) is 5.32 Å². The fourth-order valence-corrected chi connectivity index (χ4v) is 3.34. The van der Waals surface area contributed by atoms with Crippen molar-refractivity contribution in [2.45, 2.75) is 33.4 Å². The maximum absolute atomic E-state index is 14.3. The molecular formula is C20H21F2N5O2. The first-order valence-corrected chi connectivity index (χ1v) is 9.10. The zero-order valence-corrected chi connectivity index (χ0v) is 16.2. The highest BCUT2D eigenvalue weighted by atomic mass is 19.1. The Balaban J connectivity index is 2.17. The van der Waals surface area contributed by atoms with E-state index in [-0.39, 0.29) is 35.4 Å². The van der Waals surface area contributed by atoms with Gasteiger partial charge in [0.15, 0.2) is 5.82 Å². The molecular weight excluding hydrogens is 380 g/mol. The first-order chi connectivity index (χ1) is 13.7. The number of carbonyl (C=O) groups is 2. The van der Waals surface area contributed by atoms with E-state index in [2.05, 4.69) is 20.6 Å². The Kier molecular flexibility index (Phi) is 5.58. The van der Waals surface area contributed by atoms with Crippen LogP contribution < -0.4 is 16.4 Å². The molecule has 2 amide bonds. The van der Waals surface area contributed by atoms with Gasteiger partial charge in [0.2, 0.25) is 5.91 Å². The molecule has 2 aromatic rings. The quantitative estimate of drug-likeness (QED) is 0.645. The molecule has 152 valence electrons. The number of anilines is 1. The van der Waals surface area contributed by atoms with Gasteiger partial charge in [0.25, 0.3) is 5.91 Å². The van der Waals surface area contributed by atoms with Crippen LogP contribution in [0.3, 0.4) is 0 Å². The van der Waals surface area contributed by atoms with Crippen molar-refractivity contribution in [2.24, 2.45) is 11.7 Å². The van der Waals surface area contributed by atoms with Crippen LogP contribution in [0.15, 0.2) is 29.8 Å². The van der Waals surface area contributed by atoms with E-state index >= 15 is 0 Å². The normalized spacial score (nSPS) is 14.6. The van der Waals surface area contributed by atoms with Crippen LogP contribution in [-0.4, -0.2) is 27.8 Å². The molecule has 4 N–H and O–H groups in total. The Morgan fingerprint density at radius 2 is 1.90 bits per heavy atom. The molecule has 1 aliphatic rings. The number of allylic oxidation sites excluding steroid dienone is 1. The van der Waals surface area contributed by atoms with Crippen molar-refractivity contribution in [1.29, 1.82) is 0 Å². The topological polar surface area (TPSA) is 110 Å². The van der Waals surface area contributed by atoms with Crippen molar-refractivity contribution in [3.8, 4) is 11.4 Å². The van der Waals surface area contributed by atoms with Gasteiger partial charge in [0, 0.05) is 0 Å². The Morgan fingerprint density at radius 1 is 1.24 bits per heavy atom. The Bertz CT molecular complexity index is 1000. The Labute approximate surface area is 166 Å². The lowest BCUT2D eigenvalue weighted by atomic mass is 9.94. The summed E-state index contributed by atoms with van der Waals surface area (Å²) in [7, 11) is 0. The van der Waals surface area contributed by atoms with Crippen molar-refractivity contribution in [3.63, 3.8) is 0 Å². The lowest BCUT2D eigenvalue weighted by molar-refractivity contribution is -0.118. The van der Waals surface area contributed by atoms with E-state index in [9.17, 15) is 18.4 Å². The molecule has 0 saturated heterocycles. The van der Waals surface area contributed by atoms with Crippen LogP contribution in [0.2, 0.25) is 0 Å². The highest BCUT2D eigenvalue weighted by molar-refractivity contribution is 6.03. The second-order valence-electron chi connectivity index (χ2n) is 6.92. The van der Waals surface area contributed by atoms with Gasteiger partial charge >= 0.3 is 0 Å². The third-order valence-electron chi connectivity index (χ3n) is 4.71. The molecule has 0 bridgehead atoms. The number of carbonyl (C=O) groups excluding carboxylic acids is 2. The second-order valence-corrected chi connectivity index (χ2v) is 6.92. The largest absolute Gasteiger partial charge is 0.368 e. The smallest absolute Gasteiger partial charge is 0.257 e. The highest BCUT2D eigenvalue weighted by Gasteiger charge is 2.31. The van der Waals surface area contributed by atoms with Gasteiger partial charge < -0.3 is 16.4 Å². The van der Waals surface area contributed by atoms with E-state index in [0.29, 0.717) is 5.57 Å². The number of halogens is 2. The Morgan fingerprint density at radius 3 is 2.45 bits per heavy atom. The second kappa shape index (κ2) is 7.94. The van der Waals surface area contributed by atoms with Crippen LogP contribution in [0.1, 0.15) is 36.8 Å². The molecule has 29 heavy (non-hydrogen) atoms. The fourth-order valence-electron chi connectivity index (χ4n) is 3.34. The maximum Gasteiger partial charge on any atom is 0.257 e. The summed E-state index contributed by atoms with van der Waals surface area (Å²) in [5, 5.41) is 5.49. The average molecular weight is 401 g/mol. The number of rotatable bonds is 6. The van der Waals surface area contributed by atoms with Gasteiger partial charge in [-0.15, -0.1) is 0 Å². The number of hydrogen-bond acceptors (Lipinski definition) is 5. The van der Waals surface area contributed by atoms with Crippen molar-refractivity contribution in [1.82, 2.24) is 15.3 Å². The van der Waals surface area contributed by atoms with Gasteiger partial charge in [-0.3, -0.25) is 9.59 Å². The van der Waals surface area contributed by atoms with E-state index < -0.39 is 35.1 Å². The van der Waals surface area contributed by atoms with Gasteiger partial charge in [0.1, 0.15) is 29.1 Å². The van der Waals surface area contributed by atoms with E-state index in [1.54, 1.807) is 13.0 Å². The highest BCUT2D eigenvalue weighted by Crippen LogP contribution is 2.30. The molecule has 1 unspecified atom stereocenters. The summed E-state index contributed by atoms with van der Waals surface area (Å²) in [5.74, 6) is -3.04. The number of primary amides is 1. The van der Waals surface area contributed by atoms with Crippen LogP contribution in [0, 0.1) is 17.6 Å². The van der Waals surface area contributed by atoms with Crippen molar-refractivity contribution < 1.29 is 18.4 Å². The number of aromatic nitrogens is 2. The van der Waals surface area contributed by atoms with E-state index in [4.69, 9.17) is 5.73 Å². The van der Waals surface area contributed by atoms with Gasteiger partial charge in [-0.1, -0.05) is 26.0 Å². The zero-order valence-electron chi connectivity index (χ0n) is 16.2. The number of amides is 2. The first kappa shape index (κ1) is 20.4. The molecule has 1 aromatic heterocycles. The third kappa shape index (κ3) is 3.80. The number of fused-ring (bicyclic) bond motifs is 1. The lowest BCUT2D eigenvalue weighted by Crippen LogP contribution is -2.39. The standard InChI is InChI=1S/C20H21F2N5O2/c1-4-10(9(2)3)16(17(23)28)26-19-15-13(8-24-20(15)29)25-18(27-19)14-11(21)6-5-7-12(14)22/h4-7,9,16H,8H2,1-3H3,(H2,23,28)(H,24,29)(H,25,26,27)/b10-4+. The predicted octanol–water partition coefficient (Wildman–Crippen LogP) is 2.53. The third-order valence-corrected chi connectivity index (χ3v) is 4.71. The molecule has 1 aromatic carbocycles. The molecule has 1 aliphatic heterocycles. The monoisotopic (exact) mass is 401 g/mol. The van der Waals surface area contributed by atoms with Crippen LogP contribution in [0.5, 0.6) is 0 Å². The number of nitrogens with one attached hydrogen (secondary N) is 2. The van der Waals surface area contributed by atoms with Gasteiger partial charge in [-0.25, -0.2) is 18.7 Å². The minimum absolute atomic E-state index is 0.00791. The van der Waals surface area contributed by atoms with E-state index in [1.807, 2.05) is 13.8 Å². The summed E-state index contributed by atoms with van der Waals surface area (Å²) in [6.07, 6.45) is 1.76. The summed E-state index contributed by atoms with van der Waals surface area (Å²) in [6.45, 7) is 5.63. The summed E-state index contributed by atoms with van der Waals surface area (Å²) in [6, 6.07) is 2.46. The summed E-state index contributed by atoms with van der Waals surface area (Å²) in [4.78, 5) is 32.7. The number of nitrogens with zero attached hydrogens (tertiary/aromatic N) is 2. The minimum Gasteiger partial charge on any atom is -0.368 e. The molecule has 3 rings (SSSR count). The molecule has 0 fully saturated rings. The molecule has 0 radical (unpaired) electrons. The molecule has 7 nitrogen and oxygen atoms in total. The van der Waals surface area contributed by atoms with Crippen LogP contribution in [0.4, 0.5) is 14.6 Å². The summed E-state index contributed by atoms with van der Waals surface area (Å²) >= 11 is 0. The zero-order chi connectivity index (χ0) is 21.3. The van der Waals surface area contributed by atoms with Gasteiger partial charge in [-0.05, 0) is 30.5 Å². The number of hydrogen-bond donors (Lipinski definition) is 3. The van der Waals surface area contributed by atoms with Crippen molar-refractivity contribution >= 4 is 17.6 Å². The van der Waals surface area contributed by atoms with Crippen LogP contribution >= 0.6 is 0 Å². The van der Waals surface area contributed by atoms with Gasteiger partial charge in [-0.2, -0.15) is 0 Å². The predicted molar refractivity (Wildman–Crippen MR) is 104 cm³/mol. The van der Waals surface area contributed by atoms with Crippen molar-refractivity contribution in [3.05, 3.63) is 52.7 Å². The molecule has 0 spiro atoms. The fraction of sp³-hybridized carbons (Fsp3) is 0.300. The van der Waals surface area contributed by atoms with Crippen LogP contribution in [0.25, 0.3) is 11.4 Å². The molecule has 0 saturated carbocycles. The number of nitrogens with two attached hydrogens (primary N) is 1. The Hall–Kier alpha value is -3.36. The lowest BCUT2D eigenvalue weighted by Gasteiger charge is -2.23. The first-order valence-electron chi connectivity index (χ1n) is 9.10. The van der Waals surface area contributed by atoms with E-state index in [0.717, 1.165) is 12.1 Å².